The van der Waals surface area contributed by atoms with E-state index in [4.69, 9.17) is 0 Å². The minimum Gasteiger partial charge on any atom is -0.368 e. The first kappa shape index (κ1) is 24.3. The van der Waals surface area contributed by atoms with E-state index in [-0.39, 0.29) is 17.7 Å². The third-order valence-corrected chi connectivity index (χ3v) is 6.32. The molecule has 1 amide bonds. The van der Waals surface area contributed by atoms with Crippen LogP contribution in [0.15, 0.2) is 48.7 Å². The monoisotopic (exact) mass is 503 g/mol. The van der Waals surface area contributed by atoms with Crippen molar-refractivity contribution in [3.05, 3.63) is 54.5 Å². The Labute approximate surface area is 214 Å². The molecule has 1 aliphatic rings. The summed E-state index contributed by atoms with van der Waals surface area (Å²) in [7, 11) is 3.82. The molecule has 0 aliphatic carbocycles. The fourth-order valence-corrected chi connectivity index (χ4v) is 4.26. The summed E-state index contributed by atoms with van der Waals surface area (Å²) < 4.78 is 14.5. The van der Waals surface area contributed by atoms with Gasteiger partial charge in [-0.05, 0) is 42.5 Å². The number of nitrogens with zero attached hydrogens (tertiary/aromatic N) is 6. The lowest BCUT2D eigenvalue weighted by atomic mass is 10.2. The molecule has 0 bridgehead atoms. The van der Waals surface area contributed by atoms with E-state index in [2.05, 4.69) is 35.5 Å². The summed E-state index contributed by atoms with van der Waals surface area (Å²) in [4.78, 5) is 34.1. The number of aromatic amines is 1. The van der Waals surface area contributed by atoms with Crippen molar-refractivity contribution in [1.82, 2.24) is 24.8 Å². The molecular weight excluding hydrogens is 473 g/mol. The average molecular weight is 504 g/mol. The van der Waals surface area contributed by atoms with Crippen molar-refractivity contribution in [2.24, 2.45) is 0 Å². The molecule has 0 radical (unpaired) electrons. The molecule has 192 valence electrons. The minimum atomic E-state index is -0.555. The van der Waals surface area contributed by atoms with E-state index in [9.17, 15) is 9.18 Å². The second-order valence-corrected chi connectivity index (χ2v) is 9.10. The number of imidazole rings is 1. The number of benzene rings is 2. The number of hydrogen-bond acceptors (Lipinski definition) is 8. The van der Waals surface area contributed by atoms with Crippen LogP contribution in [0, 0.1) is 5.82 Å². The molecular formula is C26H30FN9O. The van der Waals surface area contributed by atoms with Crippen LogP contribution in [0.1, 0.15) is 13.3 Å². The van der Waals surface area contributed by atoms with Gasteiger partial charge in [0.25, 0.3) is 0 Å². The van der Waals surface area contributed by atoms with Crippen LogP contribution in [0.2, 0.25) is 0 Å². The van der Waals surface area contributed by atoms with Gasteiger partial charge in [-0.3, -0.25) is 4.79 Å². The Balaban J connectivity index is 1.25. The maximum absolute atomic E-state index is 14.5. The Morgan fingerprint density at radius 2 is 1.76 bits per heavy atom. The van der Waals surface area contributed by atoms with Gasteiger partial charge in [-0.15, -0.1) is 0 Å². The summed E-state index contributed by atoms with van der Waals surface area (Å²) in [5.41, 5.74) is 4.20. The molecule has 5 rings (SSSR count). The summed E-state index contributed by atoms with van der Waals surface area (Å²) >= 11 is 0. The van der Waals surface area contributed by atoms with E-state index < -0.39 is 5.82 Å². The van der Waals surface area contributed by atoms with Crippen molar-refractivity contribution < 1.29 is 9.18 Å². The molecule has 0 atom stereocenters. The summed E-state index contributed by atoms with van der Waals surface area (Å²) in [6.45, 7) is 4.96. The predicted molar refractivity (Wildman–Crippen MR) is 145 cm³/mol. The molecule has 1 saturated heterocycles. The Morgan fingerprint density at radius 1 is 1.03 bits per heavy atom. The SMILES string of the molecule is CCC(=O)N1CCN(c2ccc(Nc3ncc(F)c(Nc4ccc5nc(N(C)C)[nH]c5c4)n3)cc2)CC1. The molecule has 3 heterocycles. The molecule has 37 heavy (non-hydrogen) atoms. The molecule has 10 nitrogen and oxygen atoms in total. The third-order valence-electron chi connectivity index (χ3n) is 6.32. The number of rotatable bonds is 7. The van der Waals surface area contributed by atoms with Crippen LogP contribution in [0.3, 0.4) is 0 Å². The normalized spacial score (nSPS) is 13.6. The summed E-state index contributed by atoms with van der Waals surface area (Å²) in [5.74, 6) is 0.737. The van der Waals surface area contributed by atoms with E-state index in [1.807, 2.05) is 73.3 Å². The number of carbonyl (C=O) groups is 1. The number of amides is 1. The van der Waals surface area contributed by atoms with Gasteiger partial charge in [0.15, 0.2) is 11.6 Å². The van der Waals surface area contributed by atoms with E-state index >= 15 is 0 Å². The van der Waals surface area contributed by atoms with Gasteiger partial charge < -0.3 is 30.3 Å². The maximum Gasteiger partial charge on any atom is 0.229 e. The van der Waals surface area contributed by atoms with E-state index in [0.29, 0.717) is 12.1 Å². The van der Waals surface area contributed by atoms with Crippen LogP contribution in [-0.2, 0) is 4.79 Å². The first-order valence-electron chi connectivity index (χ1n) is 12.3. The Hall–Kier alpha value is -4.41. The van der Waals surface area contributed by atoms with Crippen LogP contribution in [-0.4, -0.2) is 71.0 Å². The number of halogens is 1. The topological polar surface area (TPSA) is 105 Å². The van der Waals surface area contributed by atoms with Crippen molar-refractivity contribution in [3.63, 3.8) is 0 Å². The highest BCUT2D eigenvalue weighted by molar-refractivity contribution is 5.82. The van der Waals surface area contributed by atoms with E-state index in [1.165, 1.54) is 0 Å². The van der Waals surface area contributed by atoms with Crippen LogP contribution < -0.4 is 20.4 Å². The highest BCUT2D eigenvalue weighted by atomic mass is 19.1. The third kappa shape index (κ3) is 5.40. The smallest absolute Gasteiger partial charge is 0.229 e. The number of fused-ring (bicyclic) bond motifs is 1. The predicted octanol–water partition coefficient (Wildman–Crippen LogP) is 4.10. The van der Waals surface area contributed by atoms with Gasteiger partial charge in [0.2, 0.25) is 17.8 Å². The van der Waals surface area contributed by atoms with Crippen LogP contribution in [0.25, 0.3) is 11.0 Å². The molecule has 0 spiro atoms. The van der Waals surface area contributed by atoms with Crippen LogP contribution >= 0.6 is 0 Å². The number of H-pyrrole nitrogens is 1. The van der Waals surface area contributed by atoms with Crippen molar-refractivity contribution in [2.45, 2.75) is 13.3 Å². The van der Waals surface area contributed by atoms with Gasteiger partial charge in [0.1, 0.15) is 0 Å². The number of hydrogen-bond donors (Lipinski definition) is 3. The molecule has 4 aromatic rings. The number of nitrogens with one attached hydrogen (secondary N) is 3. The van der Waals surface area contributed by atoms with Crippen LogP contribution in [0.5, 0.6) is 0 Å². The lowest BCUT2D eigenvalue weighted by molar-refractivity contribution is -0.131. The van der Waals surface area contributed by atoms with Crippen molar-refractivity contribution in [1.29, 1.82) is 0 Å². The number of anilines is 6. The summed E-state index contributed by atoms with van der Waals surface area (Å²) in [5, 5.41) is 6.18. The van der Waals surface area contributed by atoms with Crippen molar-refractivity contribution >= 4 is 51.7 Å². The standard InChI is InChI=1S/C26H30FN9O/c1-4-23(37)36-13-11-35(12-14-36)19-8-5-17(6-9-19)30-25-28-16-20(27)24(33-25)29-18-7-10-21-22(15-18)32-26(31-21)34(2)3/h5-10,15-16H,4,11-14H2,1-3H3,(H,31,32)(H2,28,29,30,33). The molecule has 3 N–H and O–H groups in total. The second kappa shape index (κ2) is 10.3. The van der Waals surface area contributed by atoms with Gasteiger partial charge in [0, 0.05) is 63.8 Å². The molecule has 2 aromatic heterocycles. The first-order valence-corrected chi connectivity index (χ1v) is 12.3. The zero-order valence-electron chi connectivity index (χ0n) is 21.1. The molecule has 1 fully saturated rings. The van der Waals surface area contributed by atoms with E-state index in [1.54, 1.807) is 0 Å². The Bertz CT molecular complexity index is 1400. The van der Waals surface area contributed by atoms with Crippen molar-refractivity contribution in [2.75, 3.05) is 60.7 Å². The molecule has 1 aliphatic heterocycles. The Morgan fingerprint density at radius 3 is 2.46 bits per heavy atom. The first-order chi connectivity index (χ1) is 17.9. The number of carbonyl (C=O) groups excluding carboxylic acids is 1. The van der Waals surface area contributed by atoms with Gasteiger partial charge in [0.05, 0.1) is 17.2 Å². The fourth-order valence-electron chi connectivity index (χ4n) is 4.26. The molecule has 0 unspecified atom stereocenters. The largest absolute Gasteiger partial charge is 0.368 e. The van der Waals surface area contributed by atoms with E-state index in [0.717, 1.165) is 60.7 Å². The quantitative estimate of drug-likeness (QED) is 0.346. The average Bonchev–Trinajstić information content (AvgIpc) is 3.35. The highest BCUT2D eigenvalue weighted by Gasteiger charge is 2.20. The number of aromatic nitrogens is 4. The van der Waals surface area contributed by atoms with Crippen molar-refractivity contribution in [3.8, 4) is 0 Å². The van der Waals surface area contributed by atoms with Gasteiger partial charge in [-0.2, -0.15) is 4.98 Å². The summed E-state index contributed by atoms with van der Waals surface area (Å²) in [6, 6.07) is 13.5. The molecule has 11 heteroatoms. The lowest BCUT2D eigenvalue weighted by Crippen LogP contribution is -2.48. The molecule has 0 saturated carbocycles. The fraction of sp³-hybridized carbons (Fsp3) is 0.308. The van der Waals surface area contributed by atoms with Gasteiger partial charge in [-0.25, -0.2) is 14.4 Å². The Kier molecular flexibility index (Phi) is 6.76. The van der Waals surface area contributed by atoms with Gasteiger partial charge in [-0.1, -0.05) is 6.92 Å². The van der Waals surface area contributed by atoms with Gasteiger partial charge >= 0.3 is 0 Å². The maximum atomic E-state index is 14.5. The second-order valence-electron chi connectivity index (χ2n) is 9.10. The zero-order chi connectivity index (χ0) is 25.9. The minimum absolute atomic E-state index is 0.0697. The summed E-state index contributed by atoms with van der Waals surface area (Å²) in [6.07, 6.45) is 1.68. The number of piperazine rings is 1. The van der Waals surface area contributed by atoms with Crippen LogP contribution in [0.4, 0.5) is 39.2 Å². The highest BCUT2D eigenvalue weighted by Crippen LogP contribution is 2.25. The lowest BCUT2D eigenvalue weighted by Gasteiger charge is -2.36. The zero-order valence-corrected chi connectivity index (χ0v) is 21.1. The molecule has 2 aromatic carbocycles.